The van der Waals surface area contributed by atoms with Crippen molar-refractivity contribution < 1.29 is 9.59 Å². The van der Waals surface area contributed by atoms with Crippen LogP contribution in [0.5, 0.6) is 0 Å². The number of benzene rings is 2. The summed E-state index contributed by atoms with van der Waals surface area (Å²) in [6.45, 7) is 1.17. The van der Waals surface area contributed by atoms with Crippen molar-refractivity contribution in [3.05, 3.63) is 59.1 Å². The van der Waals surface area contributed by atoms with Crippen LogP contribution in [0.1, 0.15) is 18.4 Å². The van der Waals surface area contributed by atoms with Gasteiger partial charge in [0.05, 0.1) is 5.69 Å². The van der Waals surface area contributed by atoms with E-state index in [2.05, 4.69) is 0 Å². The molecule has 136 valence electrons. The predicted molar refractivity (Wildman–Crippen MR) is 107 cm³/mol. The van der Waals surface area contributed by atoms with Gasteiger partial charge >= 0.3 is 0 Å². The molecule has 2 aromatic rings. The topological polar surface area (TPSA) is 40.6 Å². The number of hydrogen-bond acceptors (Lipinski definition) is 3. The molecule has 3 rings (SSSR count). The minimum atomic E-state index is -0.0435. The van der Waals surface area contributed by atoms with Crippen LogP contribution in [0.25, 0.3) is 0 Å². The van der Waals surface area contributed by atoms with Crippen molar-refractivity contribution in [2.45, 2.75) is 24.3 Å². The summed E-state index contributed by atoms with van der Waals surface area (Å²) in [5.74, 6) is 0.839. The summed E-state index contributed by atoms with van der Waals surface area (Å²) in [6, 6.07) is 15.4. The van der Waals surface area contributed by atoms with Crippen LogP contribution in [0.3, 0.4) is 0 Å². The number of fused-ring (bicyclic) bond motifs is 1. The van der Waals surface area contributed by atoms with Gasteiger partial charge in [-0.25, -0.2) is 0 Å². The average Bonchev–Trinajstić information content (AvgIpc) is 2.65. The Morgan fingerprint density at radius 2 is 1.96 bits per heavy atom. The lowest BCUT2D eigenvalue weighted by Gasteiger charge is -2.29. The molecule has 1 heterocycles. The zero-order chi connectivity index (χ0) is 18.5. The summed E-state index contributed by atoms with van der Waals surface area (Å²) in [4.78, 5) is 29.6. The third-order valence-electron chi connectivity index (χ3n) is 4.32. The Morgan fingerprint density at radius 1 is 1.15 bits per heavy atom. The normalized spacial score (nSPS) is 13.2. The van der Waals surface area contributed by atoms with E-state index < -0.39 is 0 Å². The van der Waals surface area contributed by atoms with E-state index in [9.17, 15) is 9.59 Å². The van der Waals surface area contributed by atoms with Gasteiger partial charge < -0.3 is 9.80 Å². The number of thioether (sulfide) groups is 1. The molecule has 26 heavy (non-hydrogen) atoms. The summed E-state index contributed by atoms with van der Waals surface area (Å²) in [5.41, 5.74) is 1.93. The number of hydrogen-bond donors (Lipinski definition) is 0. The Kier molecular flexibility index (Phi) is 6.22. The lowest BCUT2D eigenvalue weighted by atomic mass is 10.2. The van der Waals surface area contributed by atoms with Crippen LogP contribution in [0.2, 0.25) is 5.02 Å². The van der Waals surface area contributed by atoms with Gasteiger partial charge in [0.25, 0.3) is 0 Å². The van der Waals surface area contributed by atoms with E-state index in [0.29, 0.717) is 18.1 Å². The first-order chi connectivity index (χ1) is 12.5. The summed E-state index contributed by atoms with van der Waals surface area (Å²) < 4.78 is 0. The van der Waals surface area contributed by atoms with E-state index in [4.69, 9.17) is 11.6 Å². The zero-order valence-electron chi connectivity index (χ0n) is 14.7. The number of carbonyl (C=O) groups excluding carboxylic acids is 2. The number of anilines is 1. The number of halogens is 1. The maximum Gasteiger partial charge on any atom is 0.227 e. The molecule has 0 aliphatic carbocycles. The summed E-state index contributed by atoms with van der Waals surface area (Å²) in [6.07, 6.45) is 0.430. The molecule has 2 aromatic carbocycles. The molecular formula is C20H21ClN2O2S. The van der Waals surface area contributed by atoms with Crippen LogP contribution in [0.4, 0.5) is 5.69 Å². The second-order valence-corrected chi connectivity index (χ2v) is 7.81. The Labute approximate surface area is 163 Å². The molecule has 2 amide bonds. The second kappa shape index (κ2) is 8.60. The highest BCUT2D eigenvalue weighted by Crippen LogP contribution is 2.34. The SMILES string of the molecule is CN(Cc1cccc(Cl)c1)C(=O)CCC(=O)N1CCSc2ccccc21. The number of amides is 2. The smallest absolute Gasteiger partial charge is 0.227 e. The Bertz CT molecular complexity index is 812. The maximum absolute atomic E-state index is 12.6. The Morgan fingerprint density at radius 3 is 2.77 bits per heavy atom. The number of rotatable bonds is 5. The zero-order valence-corrected chi connectivity index (χ0v) is 16.2. The second-order valence-electron chi connectivity index (χ2n) is 6.24. The van der Waals surface area contributed by atoms with Crippen LogP contribution in [0.15, 0.2) is 53.4 Å². The molecule has 1 aliphatic heterocycles. The fourth-order valence-electron chi connectivity index (χ4n) is 2.97. The molecule has 0 atom stereocenters. The monoisotopic (exact) mass is 388 g/mol. The van der Waals surface area contributed by atoms with Gasteiger partial charge in [-0.05, 0) is 29.8 Å². The lowest BCUT2D eigenvalue weighted by Crippen LogP contribution is -2.36. The van der Waals surface area contributed by atoms with Crippen LogP contribution in [-0.2, 0) is 16.1 Å². The van der Waals surface area contributed by atoms with Crippen molar-refractivity contribution in [2.24, 2.45) is 0 Å². The number of carbonyl (C=O) groups is 2. The van der Waals surface area contributed by atoms with Crippen LogP contribution in [0, 0.1) is 0 Å². The van der Waals surface area contributed by atoms with Crippen LogP contribution < -0.4 is 4.90 Å². The molecule has 0 bridgehead atoms. The molecule has 0 saturated heterocycles. The molecule has 1 aliphatic rings. The molecule has 6 heteroatoms. The molecule has 0 N–H and O–H groups in total. The average molecular weight is 389 g/mol. The van der Waals surface area contributed by atoms with Gasteiger partial charge in [-0.1, -0.05) is 35.9 Å². The quantitative estimate of drug-likeness (QED) is 0.770. The van der Waals surface area contributed by atoms with Gasteiger partial charge in [-0.2, -0.15) is 0 Å². The summed E-state index contributed by atoms with van der Waals surface area (Å²) >= 11 is 7.74. The summed E-state index contributed by atoms with van der Waals surface area (Å²) in [7, 11) is 1.75. The van der Waals surface area contributed by atoms with Gasteiger partial charge in [0.1, 0.15) is 0 Å². The lowest BCUT2D eigenvalue weighted by molar-refractivity contribution is -0.132. The van der Waals surface area contributed by atoms with E-state index in [1.165, 1.54) is 0 Å². The highest BCUT2D eigenvalue weighted by Gasteiger charge is 2.23. The largest absolute Gasteiger partial charge is 0.341 e. The van der Waals surface area contributed by atoms with E-state index >= 15 is 0 Å². The van der Waals surface area contributed by atoms with Gasteiger partial charge in [-0.3, -0.25) is 9.59 Å². The fourth-order valence-corrected chi connectivity index (χ4v) is 4.17. The standard InChI is InChI=1S/C20H21ClN2O2S/c1-22(14-15-5-4-6-16(21)13-15)19(24)9-10-20(25)23-11-12-26-18-8-3-2-7-17(18)23/h2-8,13H,9-12,14H2,1H3. The van der Waals surface area contributed by atoms with Gasteiger partial charge in [0.2, 0.25) is 11.8 Å². The molecule has 4 nitrogen and oxygen atoms in total. The Balaban J connectivity index is 1.55. The fraction of sp³-hybridized carbons (Fsp3) is 0.300. The van der Waals surface area contributed by atoms with Crippen molar-refractivity contribution in [3.63, 3.8) is 0 Å². The van der Waals surface area contributed by atoms with Crippen molar-refractivity contribution in [1.29, 1.82) is 0 Å². The third-order valence-corrected chi connectivity index (χ3v) is 5.59. The predicted octanol–water partition coefficient (Wildman–Crippen LogP) is 4.22. The molecule has 0 fully saturated rings. The summed E-state index contributed by atoms with van der Waals surface area (Å²) in [5, 5.41) is 0.653. The molecule has 0 aromatic heterocycles. The molecule has 0 spiro atoms. The molecular weight excluding hydrogens is 368 g/mol. The van der Waals surface area contributed by atoms with Crippen molar-refractivity contribution in [1.82, 2.24) is 4.90 Å². The van der Waals surface area contributed by atoms with E-state index in [-0.39, 0.29) is 24.7 Å². The van der Waals surface area contributed by atoms with Crippen molar-refractivity contribution >= 4 is 40.9 Å². The van der Waals surface area contributed by atoms with Gasteiger partial charge in [0, 0.05) is 48.6 Å². The number of para-hydroxylation sites is 1. The van der Waals surface area contributed by atoms with Crippen molar-refractivity contribution in [2.75, 3.05) is 24.2 Å². The highest BCUT2D eigenvalue weighted by atomic mass is 35.5. The van der Waals surface area contributed by atoms with E-state index in [1.807, 2.05) is 42.5 Å². The maximum atomic E-state index is 12.6. The minimum absolute atomic E-state index is 0.00209. The van der Waals surface area contributed by atoms with Crippen LogP contribution in [-0.4, -0.2) is 36.1 Å². The first-order valence-electron chi connectivity index (χ1n) is 8.55. The third kappa shape index (κ3) is 4.59. The number of nitrogens with zero attached hydrogens (tertiary/aromatic N) is 2. The van der Waals surface area contributed by atoms with E-state index in [0.717, 1.165) is 21.9 Å². The van der Waals surface area contributed by atoms with Gasteiger partial charge in [-0.15, -0.1) is 11.8 Å². The Hall–Kier alpha value is -1.98. The van der Waals surface area contributed by atoms with Gasteiger partial charge in [0.15, 0.2) is 0 Å². The highest BCUT2D eigenvalue weighted by molar-refractivity contribution is 7.99. The minimum Gasteiger partial charge on any atom is -0.341 e. The molecule has 0 unspecified atom stereocenters. The molecule has 0 saturated carbocycles. The van der Waals surface area contributed by atoms with Crippen molar-refractivity contribution in [3.8, 4) is 0 Å². The first-order valence-corrected chi connectivity index (χ1v) is 9.91. The van der Waals surface area contributed by atoms with E-state index in [1.54, 1.807) is 34.7 Å². The first kappa shape index (κ1) is 18.8. The molecule has 0 radical (unpaired) electrons. The van der Waals surface area contributed by atoms with Crippen LogP contribution >= 0.6 is 23.4 Å².